The molecule has 0 aliphatic rings. The zero-order valence-corrected chi connectivity index (χ0v) is 12.0. The molecule has 0 amide bonds. The van der Waals surface area contributed by atoms with Crippen molar-refractivity contribution in [2.75, 3.05) is 0 Å². The average molecular weight is 291 g/mol. The number of allylic oxidation sites excluding steroid dienone is 1. The average Bonchev–Trinajstić information content (AvgIpc) is 2.53. The maximum atomic E-state index is 11.2. The van der Waals surface area contributed by atoms with E-state index in [1.54, 1.807) is 13.1 Å². The van der Waals surface area contributed by atoms with Crippen LogP contribution in [-0.2, 0) is 0 Å². The molecule has 5 heteroatoms. The van der Waals surface area contributed by atoms with Crippen LogP contribution in [0.25, 0.3) is 27.7 Å². The lowest BCUT2D eigenvalue weighted by molar-refractivity contribution is -0.385. The van der Waals surface area contributed by atoms with Crippen molar-refractivity contribution in [2.45, 2.75) is 6.92 Å². The van der Waals surface area contributed by atoms with Crippen LogP contribution in [0, 0.1) is 10.1 Å². The summed E-state index contributed by atoms with van der Waals surface area (Å²) >= 11 is 0. The monoisotopic (exact) mass is 291 g/mol. The molecule has 22 heavy (non-hydrogen) atoms. The summed E-state index contributed by atoms with van der Waals surface area (Å²) in [6.07, 6.45) is 1.59. The summed E-state index contributed by atoms with van der Waals surface area (Å²) in [5, 5.41) is 12.2. The molecule has 0 radical (unpaired) electrons. The van der Waals surface area contributed by atoms with Gasteiger partial charge >= 0.3 is 0 Å². The van der Waals surface area contributed by atoms with Gasteiger partial charge in [-0.2, -0.15) is 0 Å². The van der Waals surface area contributed by atoms with Crippen molar-refractivity contribution < 1.29 is 4.92 Å². The number of hydrogen-bond donors (Lipinski definition) is 0. The number of nitrogens with zero attached hydrogens (tertiary/aromatic N) is 3. The summed E-state index contributed by atoms with van der Waals surface area (Å²) in [5.74, 6) is 0. The normalized spacial score (nSPS) is 10.6. The second-order valence-corrected chi connectivity index (χ2v) is 5.02. The van der Waals surface area contributed by atoms with E-state index < -0.39 is 4.92 Å². The van der Waals surface area contributed by atoms with Gasteiger partial charge in [0.1, 0.15) is 5.69 Å². The van der Waals surface area contributed by atoms with E-state index >= 15 is 0 Å². The van der Waals surface area contributed by atoms with Crippen molar-refractivity contribution >= 4 is 22.2 Å². The molecule has 1 aromatic carbocycles. The largest absolute Gasteiger partial charge is 0.295 e. The Hall–Kier alpha value is -3.08. The number of pyridine rings is 2. The molecule has 0 saturated heterocycles. The second-order valence-electron chi connectivity index (χ2n) is 5.02. The van der Waals surface area contributed by atoms with Crippen molar-refractivity contribution in [1.29, 1.82) is 0 Å². The number of benzene rings is 1. The fourth-order valence-electron chi connectivity index (χ4n) is 2.29. The van der Waals surface area contributed by atoms with Crippen molar-refractivity contribution in [1.82, 2.24) is 9.97 Å². The highest BCUT2D eigenvalue weighted by Gasteiger charge is 2.17. The number of para-hydroxylation sites is 1. The zero-order valence-electron chi connectivity index (χ0n) is 12.0. The van der Waals surface area contributed by atoms with E-state index in [2.05, 4.69) is 16.5 Å². The summed E-state index contributed by atoms with van der Waals surface area (Å²) in [6, 6.07) is 13.0. The van der Waals surface area contributed by atoms with Gasteiger partial charge in [0.2, 0.25) is 0 Å². The molecule has 0 bridgehead atoms. The molecule has 0 unspecified atom stereocenters. The summed E-state index contributed by atoms with van der Waals surface area (Å²) in [6.45, 7) is 5.43. The first-order valence-electron chi connectivity index (χ1n) is 6.73. The van der Waals surface area contributed by atoms with E-state index in [0.717, 1.165) is 10.9 Å². The van der Waals surface area contributed by atoms with Gasteiger partial charge in [0, 0.05) is 23.2 Å². The van der Waals surface area contributed by atoms with Crippen LogP contribution in [-0.4, -0.2) is 14.9 Å². The maximum absolute atomic E-state index is 11.2. The fourth-order valence-corrected chi connectivity index (χ4v) is 2.29. The van der Waals surface area contributed by atoms with Gasteiger partial charge in [0.25, 0.3) is 5.69 Å². The number of nitro groups is 1. The SMILES string of the molecule is C=C(C)c1ncc(-c2ccc3ccccc3n2)cc1[N+](=O)[O-]. The lowest BCUT2D eigenvalue weighted by atomic mass is 10.1. The molecule has 2 heterocycles. The van der Waals surface area contributed by atoms with Gasteiger partial charge in [-0.1, -0.05) is 30.8 Å². The summed E-state index contributed by atoms with van der Waals surface area (Å²) in [4.78, 5) is 19.5. The smallest absolute Gasteiger partial charge is 0.258 e. The molecule has 3 aromatic rings. The Labute approximate surface area is 127 Å². The minimum Gasteiger partial charge on any atom is -0.258 e. The van der Waals surface area contributed by atoms with Crippen LogP contribution >= 0.6 is 0 Å². The van der Waals surface area contributed by atoms with E-state index in [0.29, 0.717) is 22.5 Å². The molecule has 0 saturated carbocycles. The first-order valence-corrected chi connectivity index (χ1v) is 6.73. The molecular formula is C17H13N3O2. The number of hydrogen-bond acceptors (Lipinski definition) is 4. The van der Waals surface area contributed by atoms with Crippen LogP contribution in [0.4, 0.5) is 5.69 Å². The summed E-state index contributed by atoms with van der Waals surface area (Å²) < 4.78 is 0. The molecule has 2 aromatic heterocycles. The predicted molar refractivity (Wildman–Crippen MR) is 86.3 cm³/mol. The van der Waals surface area contributed by atoms with E-state index in [1.807, 2.05) is 36.4 Å². The molecular weight excluding hydrogens is 278 g/mol. The Bertz CT molecular complexity index is 903. The lowest BCUT2D eigenvalue weighted by Crippen LogP contribution is -1.98. The van der Waals surface area contributed by atoms with E-state index in [1.165, 1.54) is 6.07 Å². The summed E-state index contributed by atoms with van der Waals surface area (Å²) in [7, 11) is 0. The Morgan fingerprint density at radius 3 is 2.73 bits per heavy atom. The van der Waals surface area contributed by atoms with E-state index in [9.17, 15) is 10.1 Å². The Kier molecular flexibility index (Phi) is 3.39. The minimum absolute atomic E-state index is 0.0556. The molecule has 0 N–H and O–H groups in total. The third-order valence-corrected chi connectivity index (χ3v) is 3.36. The van der Waals surface area contributed by atoms with E-state index in [4.69, 9.17) is 0 Å². The number of rotatable bonds is 3. The number of aromatic nitrogens is 2. The quantitative estimate of drug-likeness (QED) is 0.534. The van der Waals surface area contributed by atoms with Crippen LogP contribution in [0.1, 0.15) is 12.6 Å². The van der Waals surface area contributed by atoms with Crippen LogP contribution < -0.4 is 0 Å². The summed E-state index contributed by atoms with van der Waals surface area (Å²) in [5.41, 5.74) is 2.91. The molecule has 0 fully saturated rings. The first-order chi connectivity index (χ1) is 10.6. The van der Waals surface area contributed by atoms with Gasteiger partial charge < -0.3 is 0 Å². The molecule has 0 aliphatic heterocycles. The molecule has 0 aliphatic carbocycles. The van der Waals surface area contributed by atoms with Gasteiger partial charge in [-0.05, 0) is 24.6 Å². The van der Waals surface area contributed by atoms with Crippen LogP contribution in [0.5, 0.6) is 0 Å². The van der Waals surface area contributed by atoms with Gasteiger partial charge in [0.05, 0.1) is 16.1 Å². The third-order valence-electron chi connectivity index (χ3n) is 3.36. The highest BCUT2D eigenvalue weighted by molar-refractivity contribution is 5.82. The highest BCUT2D eigenvalue weighted by Crippen LogP contribution is 2.28. The molecule has 0 atom stereocenters. The standard InChI is InChI=1S/C17H13N3O2/c1-11(2)17-16(20(21)22)9-13(10-18-17)15-8-7-12-5-3-4-6-14(12)19-15/h3-10H,1H2,2H3. The van der Waals surface area contributed by atoms with Gasteiger partial charge in [-0.25, -0.2) is 9.97 Å². The second kappa shape index (κ2) is 5.37. The Morgan fingerprint density at radius 2 is 2.00 bits per heavy atom. The third kappa shape index (κ3) is 2.44. The van der Waals surface area contributed by atoms with Gasteiger partial charge in [0.15, 0.2) is 0 Å². The molecule has 5 nitrogen and oxygen atoms in total. The maximum Gasteiger partial charge on any atom is 0.295 e. The van der Waals surface area contributed by atoms with Crippen LogP contribution in [0.2, 0.25) is 0 Å². The van der Waals surface area contributed by atoms with Gasteiger partial charge in [-0.15, -0.1) is 0 Å². The molecule has 108 valence electrons. The number of fused-ring (bicyclic) bond motifs is 1. The van der Waals surface area contributed by atoms with E-state index in [-0.39, 0.29) is 5.69 Å². The van der Waals surface area contributed by atoms with Gasteiger partial charge in [-0.3, -0.25) is 10.1 Å². The van der Waals surface area contributed by atoms with Crippen molar-refractivity contribution in [3.63, 3.8) is 0 Å². The first kappa shape index (κ1) is 13.9. The zero-order chi connectivity index (χ0) is 15.7. The highest BCUT2D eigenvalue weighted by atomic mass is 16.6. The van der Waals surface area contributed by atoms with Crippen LogP contribution in [0.3, 0.4) is 0 Å². The minimum atomic E-state index is -0.443. The molecule has 3 rings (SSSR count). The van der Waals surface area contributed by atoms with Crippen LogP contribution in [0.15, 0.2) is 55.2 Å². The lowest BCUT2D eigenvalue weighted by Gasteiger charge is -2.06. The topological polar surface area (TPSA) is 68.9 Å². The van der Waals surface area contributed by atoms with Crippen molar-refractivity contribution in [3.8, 4) is 11.3 Å². The fraction of sp³-hybridized carbons (Fsp3) is 0.0588. The molecule has 0 spiro atoms. The predicted octanol–water partition coefficient (Wildman–Crippen LogP) is 4.24. The van der Waals surface area contributed by atoms with Crippen molar-refractivity contribution in [2.24, 2.45) is 0 Å². The Balaban J connectivity index is 2.16. The Morgan fingerprint density at radius 1 is 1.23 bits per heavy atom. The van der Waals surface area contributed by atoms with Crippen molar-refractivity contribution in [3.05, 3.63) is 71.0 Å².